The second-order valence-corrected chi connectivity index (χ2v) is 5.89. The Kier molecular flexibility index (Phi) is 7.95. The molecule has 132 valence electrons. The topological polar surface area (TPSA) is 75.7 Å². The minimum atomic E-state index is -0.389. The largest absolute Gasteiger partial charge is 0.462 e. The molecule has 0 radical (unpaired) electrons. The summed E-state index contributed by atoms with van der Waals surface area (Å²) in [5.74, 6) is -0.244. The molecule has 0 aromatic heterocycles. The van der Waals surface area contributed by atoms with Gasteiger partial charge >= 0.3 is 5.97 Å². The van der Waals surface area contributed by atoms with Gasteiger partial charge in [0, 0.05) is 32.1 Å². The van der Waals surface area contributed by atoms with Crippen LogP contribution in [-0.4, -0.2) is 37.5 Å². The summed E-state index contributed by atoms with van der Waals surface area (Å²) in [7, 11) is 0. The van der Waals surface area contributed by atoms with Gasteiger partial charge in [-0.1, -0.05) is 13.8 Å². The smallest absolute Gasteiger partial charge is 0.338 e. The standard InChI is InChI=1S/C18H26N2O4/c1-5-24-18(23)15-6-8-16(9-7-15)20(14(4)21)11-10-19-17(22)12-13(2)3/h6-9,13H,5,10-12H2,1-4H3,(H,19,22). The lowest BCUT2D eigenvalue weighted by atomic mass is 10.1. The molecule has 0 saturated heterocycles. The third kappa shape index (κ3) is 6.40. The molecule has 0 unspecified atom stereocenters. The molecule has 0 aliphatic heterocycles. The number of benzene rings is 1. The van der Waals surface area contributed by atoms with Gasteiger partial charge in [0.2, 0.25) is 11.8 Å². The van der Waals surface area contributed by atoms with Crippen molar-refractivity contribution in [3.05, 3.63) is 29.8 Å². The zero-order valence-electron chi connectivity index (χ0n) is 14.8. The van der Waals surface area contributed by atoms with Crippen LogP contribution in [-0.2, 0) is 14.3 Å². The normalized spacial score (nSPS) is 10.4. The van der Waals surface area contributed by atoms with Crippen LogP contribution in [0.3, 0.4) is 0 Å². The van der Waals surface area contributed by atoms with Crippen molar-refractivity contribution in [2.75, 3.05) is 24.6 Å². The van der Waals surface area contributed by atoms with Crippen molar-refractivity contribution in [3.8, 4) is 0 Å². The van der Waals surface area contributed by atoms with Crippen LogP contribution in [0.4, 0.5) is 5.69 Å². The van der Waals surface area contributed by atoms with Crippen molar-refractivity contribution in [1.29, 1.82) is 0 Å². The number of hydrogen-bond donors (Lipinski definition) is 1. The Hall–Kier alpha value is -2.37. The van der Waals surface area contributed by atoms with E-state index in [9.17, 15) is 14.4 Å². The predicted octanol–water partition coefficient (Wildman–Crippen LogP) is 2.38. The first-order valence-electron chi connectivity index (χ1n) is 8.17. The third-order valence-corrected chi connectivity index (χ3v) is 3.32. The monoisotopic (exact) mass is 334 g/mol. The maximum atomic E-state index is 11.8. The summed E-state index contributed by atoms with van der Waals surface area (Å²) in [6, 6.07) is 6.65. The summed E-state index contributed by atoms with van der Waals surface area (Å²) in [5.41, 5.74) is 1.11. The van der Waals surface area contributed by atoms with Gasteiger partial charge < -0.3 is 15.0 Å². The third-order valence-electron chi connectivity index (χ3n) is 3.32. The number of amides is 2. The minimum absolute atomic E-state index is 0.0221. The zero-order valence-corrected chi connectivity index (χ0v) is 14.8. The molecule has 0 aliphatic rings. The second kappa shape index (κ2) is 9.70. The van der Waals surface area contributed by atoms with Crippen molar-refractivity contribution in [2.45, 2.75) is 34.1 Å². The van der Waals surface area contributed by atoms with Crippen LogP contribution in [0.5, 0.6) is 0 Å². The molecule has 0 bridgehead atoms. The van der Waals surface area contributed by atoms with Gasteiger partial charge in [-0.05, 0) is 37.1 Å². The van der Waals surface area contributed by atoms with Crippen LogP contribution >= 0.6 is 0 Å². The Morgan fingerprint density at radius 3 is 2.29 bits per heavy atom. The summed E-state index contributed by atoms with van der Waals surface area (Å²) in [6.45, 7) is 8.24. The second-order valence-electron chi connectivity index (χ2n) is 5.89. The first-order valence-corrected chi connectivity index (χ1v) is 8.17. The van der Waals surface area contributed by atoms with Gasteiger partial charge in [-0.2, -0.15) is 0 Å². The average Bonchev–Trinajstić information content (AvgIpc) is 2.51. The lowest BCUT2D eigenvalue weighted by Gasteiger charge is -2.21. The highest BCUT2D eigenvalue weighted by Gasteiger charge is 2.13. The molecule has 0 heterocycles. The van der Waals surface area contributed by atoms with Crippen molar-refractivity contribution in [2.24, 2.45) is 5.92 Å². The van der Waals surface area contributed by atoms with Gasteiger partial charge in [-0.3, -0.25) is 9.59 Å². The number of ether oxygens (including phenoxy) is 1. The molecule has 0 atom stereocenters. The number of carbonyl (C=O) groups excluding carboxylic acids is 3. The summed E-state index contributed by atoms with van der Waals surface area (Å²) < 4.78 is 4.93. The van der Waals surface area contributed by atoms with Gasteiger partial charge in [-0.25, -0.2) is 4.79 Å². The molecule has 0 aliphatic carbocycles. The highest BCUT2D eigenvalue weighted by molar-refractivity contribution is 5.93. The van der Waals surface area contributed by atoms with E-state index < -0.39 is 0 Å². The average molecular weight is 334 g/mol. The molecule has 0 spiro atoms. The number of hydrogen-bond acceptors (Lipinski definition) is 4. The Balaban J connectivity index is 2.66. The zero-order chi connectivity index (χ0) is 18.1. The molecule has 1 aromatic rings. The van der Waals surface area contributed by atoms with Crippen LogP contribution < -0.4 is 10.2 Å². The Bertz CT molecular complexity index is 567. The molecule has 2 amide bonds. The van der Waals surface area contributed by atoms with Gasteiger partial charge in [0.1, 0.15) is 0 Å². The van der Waals surface area contributed by atoms with Crippen LogP contribution in [0.15, 0.2) is 24.3 Å². The maximum absolute atomic E-state index is 11.8. The molecular weight excluding hydrogens is 308 g/mol. The fraction of sp³-hybridized carbons (Fsp3) is 0.500. The van der Waals surface area contributed by atoms with Crippen LogP contribution in [0.1, 0.15) is 44.5 Å². The number of nitrogens with zero attached hydrogens (tertiary/aromatic N) is 1. The van der Waals surface area contributed by atoms with Crippen LogP contribution in [0.2, 0.25) is 0 Å². The molecule has 6 nitrogen and oxygen atoms in total. The van der Waals surface area contributed by atoms with Crippen molar-refractivity contribution < 1.29 is 19.1 Å². The van der Waals surface area contributed by atoms with E-state index in [1.807, 2.05) is 13.8 Å². The fourth-order valence-corrected chi connectivity index (χ4v) is 2.21. The number of anilines is 1. The first kappa shape index (κ1) is 19.7. The maximum Gasteiger partial charge on any atom is 0.338 e. The number of rotatable bonds is 8. The molecule has 1 aromatic carbocycles. The van der Waals surface area contributed by atoms with Gasteiger partial charge in [0.05, 0.1) is 12.2 Å². The lowest BCUT2D eigenvalue weighted by Crippen LogP contribution is -2.37. The minimum Gasteiger partial charge on any atom is -0.462 e. The molecule has 1 N–H and O–H groups in total. The fourth-order valence-electron chi connectivity index (χ4n) is 2.21. The SMILES string of the molecule is CCOC(=O)c1ccc(N(CCNC(=O)CC(C)C)C(C)=O)cc1. The van der Waals surface area contributed by atoms with E-state index in [-0.39, 0.29) is 17.8 Å². The van der Waals surface area contributed by atoms with E-state index in [4.69, 9.17) is 4.74 Å². The molecule has 6 heteroatoms. The Morgan fingerprint density at radius 2 is 1.79 bits per heavy atom. The predicted molar refractivity (Wildman–Crippen MR) is 92.9 cm³/mol. The van der Waals surface area contributed by atoms with E-state index in [1.54, 1.807) is 36.1 Å². The van der Waals surface area contributed by atoms with Crippen molar-refractivity contribution >= 4 is 23.5 Å². The molecule has 1 rings (SSSR count). The van der Waals surface area contributed by atoms with Gasteiger partial charge in [0.15, 0.2) is 0 Å². The molecular formula is C18H26N2O4. The van der Waals surface area contributed by atoms with E-state index >= 15 is 0 Å². The quantitative estimate of drug-likeness (QED) is 0.741. The molecule has 0 saturated carbocycles. The van der Waals surface area contributed by atoms with E-state index in [1.165, 1.54) is 6.92 Å². The Morgan fingerprint density at radius 1 is 1.17 bits per heavy atom. The van der Waals surface area contributed by atoms with Gasteiger partial charge in [-0.15, -0.1) is 0 Å². The highest BCUT2D eigenvalue weighted by Crippen LogP contribution is 2.16. The summed E-state index contributed by atoms with van der Waals surface area (Å²) in [4.78, 5) is 36.7. The summed E-state index contributed by atoms with van der Waals surface area (Å²) in [5, 5.41) is 2.81. The Labute approximate surface area is 143 Å². The van der Waals surface area contributed by atoms with Gasteiger partial charge in [0.25, 0.3) is 0 Å². The lowest BCUT2D eigenvalue weighted by molar-refractivity contribution is -0.122. The molecule has 0 fully saturated rings. The van der Waals surface area contributed by atoms with E-state index in [0.29, 0.717) is 43.3 Å². The summed E-state index contributed by atoms with van der Waals surface area (Å²) in [6.07, 6.45) is 0.467. The first-order chi connectivity index (χ1) is 11.3. The summed E-state index contributed by atoms with van der Waals surface area (Å²) >= 11 is 0. The number of esters is 1. The number of carbonyl (C=O) groups is 3. The van der Waals surface area contributed by atoms with Crippen LogP contribution in [0, 0.1) is 5.92 Å². The number of nitrogens with one attached hydrogen (secondary N) is 1. The van der Waals surface area contributed by atoms with E-state index in [0.717, 1.165) is 0 Å². The van der Waals surface area contributed by atoms with Crippen molar-refractivity contribution in [1.82, 2.24) is 5.32 Å². The van der Waals surface area contributed by atoms with Crippen LogP contribution in [0.25, 0.3) is 0 Å². The molecule has 24 heavy (non-hydrogen) atoms. The highest BCUT2D eigenvalue weighted by atomic mass is 16.5. The van der Waals surface area contributed by atoms with E-state index in [2.05, 4.69) is 5.32 Å². The van der Waals surface area contributed by atoms with Crippen molar-refractivity contribution in [3.63, 3.8) is 0 Å².